The van der Waals surface area contributed by atoms with Crippen LogP contribution in [0.5, 0.6) is 11.5 Å². The van der Waals surface area contributed by atoms with E-state index in [0.717, 1.165) is 6.04 Å². The Hall–Kier alpha value is -2.13. The Labute approximate surface area is 229 Å². The van der Waals surface area contributed by atoms with Gasteiger partial charge in [0, 0.05) is 33.1 Å². The summed E-state index contributed by atoms with van der Waals surface area (Å²) in [6, 6.07) is 4.66. The number of hydrogen-bond donors (Lipinski definition) is 0. The van der Waals surface area contributed by atoms with Gasteiger partial charge in [-0.15, -0.1) is 0 Å². The largest absolute Gasteiger partial charge is 0.494 e. The third-order valence-electron chi connectivity index (χ3n) is 6.92. The van der Waals surface area contributed by atoms with E-state index in [1.165, 1.54) is 0 Å². The highest BCUT2D eigenvalue weighted by Gasteiger charge is 2.42. The molecular weight excluding hydrogens is 500 g/mol. The smallest absolute Gasteiger partial charge is 0.342 e. The summed E-state index contributed by atoms with van der Waals surface area (Å²) in [5.74, 6) is 0.0532. The second kappa shape index (κ2) is 12.8. The van der Waals surface area contributed by atoms with Gasteiger partial charge in [0.2, 0.25) is 0 Å². The molecule has 1 aromatic rings. The van der Waals surface area contributed by atoms with Crippen molar-refractivity contribution in [3.05, 3.63) is 41.5 Å². The maximum Gasteiger partial charge on any atom is 0.342 e. The molecule has 38 heavy (non-hydrogen) atoms. The van der Waals surface area contributed by atoms with Crippen molar-refractivity contribution >= 4 is 20.1 Å². The van der Waals surface area contributed by atoms with Gasteiger partial charge < -0.3 is 28.4 Å². The molecule has 8 heteroatoms. The minimum Gasteiger partial charge on any atom is -0.494 e. The van der Waals surface area contributed by atoms with E-state index in [1.807, 2.05) is 45.9 Å². The van der Waals surface area contributed by atoms with Crippen molar-refractivity contribution < 1.29 is 33.2 Å². The predicted octanol–water partition coefficient (Wildman–Crippen LogP) is 6.70. The first-order valence-electron chi connectivity index (χ1n) is 13.6. The molecular formula is C30H46O7Si. The fourth-order valence-corrected chi connectivity index (χ4v) is 5.24. The van der Waals surface area contributed by atoms with Crippen molar-refractivity contribution in [3.8, 4) is 11.5 Å². The fourth-order valence-electron chi connectivity index (χ4n) is 4.53. The minimum absolute atomic E-state index is 0.00160. The van der Waals surface area contributed by atoms with E-state index in [-0.39, 0.29) is 36.9 Å². The topological polar surface area (TPSA) is 72.5 Å². The first-order chi connectivity index (χ1) is 17.8. The first-order valence-corrected chi connectivity index (χ1v) is 17.3. The zero-order valence-corrected chi connectivity index (χ0v) is 25.5. The molecule has 2 heterocycles. The van der Waals surface area contributed by atoms with Crippen LogP contribution in [-0.4, -0.2) is 58.7 Å². The fraction of sp³-hybridized carbons (Fsp3) is 0.633. The summed E-state index contributed by atoms with van der Waals surface area (Å²) in [4.78, 5) is 13.5. The Kier molecular flexibility index (Phi) is 10.3. The van der Waals surface area contributed by atoms with Gasteiger partial charge in [0.15, 0.2) is 12.6 Å². The van der Waals surface area contributed by atoms with E-state index in [2.05, 4.69) is 38.7 Å². The molecule has 1 saturated heterocycles. The van der Waals surface area contributed by atoms with Crippen LogP contribution in [0.2, 0.25) is 25.7 Å². The number of ether oxygens (including phenoxy) is 6. The van der Waals surface area contributed by atoms with Crippen molar-refractivity contribution in [2.24, 2.45) is 11.8 Å². The normalized spacial score (nSPS) is 28.6. The zero-order chi connectivity index (χ0) is 28.1. The van der Waals surface area contributed by atoms with Gasteiger partial charge >= 0.3 is 5.97 Å². The second-order valence-electron chi connectivity index (χ2n) is 12.1. The van der Waals surface area contributed by atoms with E-state index < -0.39 is 19.8 Å². The monoisotopic (exact) mass is 546 g/mol. The average Bonchev–Trinajstić information content (AvgIpc) is 3.13. The molecule has 0 spiro atoms. The maximum atomic E-state index is 13.5. The summed E-state index contributed by atoms with van der Waals surface area (Å²) < 4.78 is 35.6. The van der Waals surface area contributed by atoms with Gasteiger partial charge in [-0.05, 0) is 44.9 Å². The summed E-state index contributed by atoms with van der Waals surface area (Å²) in [5.41, 5.74) is 1.02. The highest BCUT2D eigenvalue weighted by atomic mass is 28.3. The Morgan fingerprint density at radius 1 is 1.03 bits per heavy atom. The molecule has 2 aliphatic rings. The zero-order valence-electron chi connectivity index (χ0n) is 24.5. The van der Waals surface area contributed by atoms with E-state index in [1.54, 1.807) is 13.2 Å². The SMILES string of the molecule is COCOc1cc(OCC[Si](C)(C)C)cc2c1C(=O)O[C@@H](C)[C@H](C)/C=C\C(C)C1OC(C)(C)OC1CC=C2. The summed E-state index contributed by atoms with van der Waals surface area (Å²) in [6.07, 6.45) is 8.25. The number of fused-ring (bicyclic) bond motifs is 2. The van der Waals surface area contributed by atoms with Crippen LogP contribution in [-0.2, 0) is 18.9 Å². The van der Waals surface area contributed by atoms with Gasteiger partial charge in [0.25, 0.3) is 0 Å². The molecule has 5 atom stereocenters. The highest BCUT2D eigenvalue weighted by Crippen LogP contribution is 2.36. The van der Waals surface area contributed by atoms with Gasteiger partial charge in [-0.25, -0.2) is 4.79 Å². The van der Waals surface area contributed by atoms with E-state index in [9.17, 15) is 4.79 Å². The number of carbonyl (C=O) groups is 1. The lowest BCUT2D eigenvalue weighted by atomic mass is 9.94. The summed E-state index contributed by atoms with van der Waals surface area (Å²) in [6.45, 7) is 17.5. The van der Waals surface area contributed by atoms with Gasteiger partial charge in [-0.3, -0.25) is 0 Å². The Morgan fingerprint density at radius 2 is 1.74 bits per heavy atom. The van der Waals surface area contributed by atoms with Crippen LogP contribution in [0.25, 0.3) is 6.08 Å². The number of cyclic esters (lactones) is 1. The van der Waals surface area contributed by atoms with Crippen LogP contribution in [0, 0.1) is 11.8 Å². The lowest BCUT2D eigenvalue weighted by molar-refractivity contribution is -0.148. The van der Waals surface area contributed by atoms with E-state index in [4.69, 9.17) is 28.4 Å². The van der Waals surface area contributed by atoms with Gasteiger partial charge in [-0.2, -0.15) is 0 Å². The quantitative estimate of drug-likeness (QED) is 0.163. The van der Waals surface area contributed by atoms with Crippen LogP contribution in [0.15, 0.2) is 30.4 Å². The number of methoxy groups -OCH3 is 1. The third kappa shape index (κ3) is 8.43. The van der Waals surface area contributed by atoms with E-state index >= 15 is 0 Å². The number of hydrogen-bond acceptors (Lipinski definition) is 7. The lowest BCUT2D eigenvalue weighted by Gasteiger charge is -2.23. The molecule has 0 saturated carbocycles. The molecule has 2 aliphatic heterocycles. The third-order valence-corrected chi connectivity index (χ3v) is 8.62. The molecule has 0 aliphatic carbocycles. The molecule has 212 valence electrons. The molecule has 0 amide bonds. The molecule has 3 unspecified atom stereocenters. The molecule has 1 fully saturated rings. The highest BCUT2D eigenvalue weighted by molar-refractivity contribution is 6.76. The number of benzene rings is 1. The van der Waals surface area contributed by atoms with Gasteiger partial charge in [-0.1, -0.05) is 57.8 Å². The van der Waals surface area contributed by atoms with Crippen molar-refractivity contribution in [3.63, 3.8) is 0 Å². The molecule has 0 N–H and O–H groups in total. The molecule has 0 radical (unpaired) electrons. The summed E-state index contributed by atoms with van der Waals surface area (Å²) in [7, 11) is 0.275. The molecule has 0 bridgehead atoms. The second-order valence-corrected chi connectivity index (χ2v) is 17.7. The van der Waals surface area contributed by atoms with Crippen molar-refractivity contribution in [1.29, 1.82) is 0 Å². The average molecular weight is 547 g/mol. The lowest BCUT2D eigenvalue weighted by Crippen LogP contribution is -2.29. The van der Waals surface area contributed by atoms with Crippen LogP contribution < -0.4 is 9.47 Å². The van der Waals surface area contributed by atoms with Crippen molar-refractivity contribution in [1.82, 2.24) is 0 Å². The predicted molar refractivity (Wildman–Crippen MR) is 152 cm³/mol. The minimum atomic E-state index is -1.27. The van der Waals surface area contributed by atoms with Crippen molar-refractivity contribution in [2.45, 2.75) is 90.8 Å². The van der Waals surface area contributed by atoms with Gasteiger partial charge in [0.05, 0.1) is 18.8 Å². The first kappa shape index (κ1) is 30.4. The Bertz CT molecular complexity index is 1010. The maximum absolute atomic E-state index is 13.5. The number of carbonyl (C=O) groups excluding carboxylic acids is 1. The van der Waals surface area contributed by atoms with Crippen molar-refractivity contribution in [2.75, 3.05) is 20.5 Å². The van der Waals surface area contributed by atoms with Crippen LogP contribution in [0.4, 0.5) is 0 Å². The number of rotatable bonds is 7. The Morgan fingerprint density at radius 3 is 2.42 bits per heavy atom. The van der Waals surface area contributed by atoms with Crippen LogP contribution >= 0.6 is 0 Å². The molecule has 1 aromatic carbocycles. The summed E-state index contributed by atoms with van der Waals surface area (Å²) in [5, 5.41) is 0. The van der Waals surface area contributed by atoms with Gasteiger partial charge in [0.1, 0.15) is 23.2 Å². The standard InChI is InChI=1S/C30H46O7Si/c1-20-13-14-21(2)28-25(36-30(4,5)37-28)12-10-11-23-17-24(33-15-16-38(7,8)9)18-26(34-19-32-6)27(23)29(31)35-22(20)3/h10-11,13-14,17-18,20-22,25,28H,12,15-16,19H2,1-9H3/b11-10?,14-13-/t20-,21?,22+,25?,28?/m1/s1. The van der Waals surface area contributed by atoms with Crippen LogP contribution in [0.1, 0.15) is 57.0 Å². The summed E-state index contributed by atoms with van der Waals surface area (Å²) >= 11 is 0. The molecule has 3 rings (SSSR count). The molecule has 7 nitrogen and oxygen atoms in total. The van der Waals surface area contributed by atoms with Crippen LogP contribution in [0.3, 0.4) is 0 Å². The van der Waals surface area contributed by atoms with E-state index in [0.29, 0.717) is 35.7 Å². The number of esters is 1. The Balaban J connectivity index is 2.03. The molecule has 0 aromatic heterocycles.